The second kappa shape index (κ2) is 6.89. The summed E-state index contributed by atoms with van der Waals surface area (Å²) in [4.78, 5) is 8.54. The predicted molar refractivity (Wildman–Crippen MR) is 81.4 cm³/mol. The number of ether oxygens (including phenoxy) is 1. The van der Waals surface area contributed by atoms with E-state index in [9.17, 15) is 0 Å². The van der Waals surface area contributed by atoms with Gasteiger partial charge in [-0.2, -0.15) is 4.98 Å². The van der Waals surface area contributed by atoms with Gasteiger partial charge in [0.1, 0.15) is 5.75 Å². The fourth-order valence-corrected chi connectivity index (χ4v) is 1.88. The second-order valence-corrected chi connectivity index (χ2v) is 4.94. The first-order valence-electron chi connectivity index (χ1n) is 7.04. The highest BCUT2D eigenvalue weighted by Gasteiger charge is 2.09. The lowest BCUT2D eigenvalue weighted by atomic mass is 10.0. The molecule has 1 aromatic carbocycles. The van der Waals surface area contributed by atoms with Crippen molar-refractivity contribution in [3.8, 4) is 11.6 Å². The second-order valence-electron chi connectivity index (χ2n) is 4.94. The predicted octanol–water partition coefficient (Wildman–Crippen LogP) is 4.21. The average molecular weight is 271 g/mol. The van der Waals surface area contributed by atoms with Crippen molar-refractivity contribution in [3.63, 3.8) is 0 Å². The molecule has 0 aliphatic carbocycles. The molecule has 0 spiro atoms. The molecule has 0 fully saturated rings. The molecule has 0 unspecified atom stereocenters. The van der Waals surface area contributed by atoms with Crippen LogP contribution in [0.2, 0.25) is 0 Å². The van der Waals surface area contributed by atoms with Gasteiger partial charge in [-0.15, -0.1) is 0 Å². The van der Waals surface area contributed by atoms with Gasteiger partial charge in [0, 0.05) is 18.8 Å². The standard InChI is InChI=1S/C16H21N3O/c1-4-10-17-16-18-11-9-15(19-16)20-14-8-6-5-7-13(14)12(2)3/h5-9,11-12H,4,10H2,1-3H3,(H,17,18,19). The van der Waals surface area contributed by atoms with Crippen LogP contribution in [0.5, 0.6) is 11.6 Å². The number of para-hydroxylation sites is 1. The van der Waals surface area contributed by atoms with Crippen LogP contribution in [-0.4, -0.2) is 16.5 Å². The van der Waals surface area contributed by atoms with E-state index < -0.39 is 0 Å². The van der Waals surface area contributed by atoms with Crippen molar-refractivity contribution in [2.45, 2.75) is 33.1 Å². The monoisotopic (exact) mass is 271 g/mol. The van der Waals surface area contributed by atoms with E-state index in [1.807, 2.05) is 18.2 Å². The zero-order valence-corrected chi connectivity index (χ0v) is 12.3. The molecule has 4 nitrogen and oxygen atoms in total. The molecule has 2 aromatic rings. The maximum atomic E-state index is 5.90. The molecule has 0 saturated heterocycles. The molecular weight excluding hydrogens is 250 g/mol. The maximum absolute atomic E-state index is 5.90. The molecule has 0 radical (unpaired) electrons. The van der Waals surface area contributed by atoms with Crippen LogP contribution in [0.1, 0.15) is 38.7 Å². The number of nitrogens with zero attached hydrogens (tertiary/aromatic N) is 2. The SMILES string of the molecule is CCCNc1nccc(Oc2ccccc2C(C)C)n1. The van der Waals surface area contributed by atoms with E-state index in [4.69, 9.17) is 4.74 Å². The Hall–Kier alpha value is -2.10. The number of anilines is 1. The van der Waals surface area contributed by atoms with Gasteiger partial charge in [0.25, 0.3) is 0 Å². The Morgan fingerprint density at radius 3 is 2.75 bits per heavy atom. The van der Waals surface area contributed by atoms with Crippen molar-refractivity contribution in [3.05, 3.63) is 42.1 Å². The molecular formula is C16H21N3O. The molecule has 1 aromatic heterocycles. The third-order valence-electron chi connectivity index (χ3n) is 2.92. The van der Waals surface area contributed by atoms with E-state index >= 15 is 0 Å². The summed E-state index contributed by atoms with van der Waals surface area (Å²) >= 11 is 0. The molecule has 20 heavy (non-hydrogen) atoms. The number of hydrogen-bond acceptors (Lipinski definition) is 4. The number of rotatable bonds is 6. The first kappa shape index (κ1) is 14.3. The Labute approximate surface area is 120 Å². The molecule has 1 heterocycles. The summed E-state index contributed by atoms with van der Waals surface area (Å²) in [5.74, 6) is 2.42. The van der Waals surface area contributed by atoms with Gasteiger partial charge in [-0.3, -0.25) is 0 Å². The topological polar surface area (TPSA) is 47.0 Å². The van der Waals surface area contributed by atoms with Crippen LogP contribution in [0, 0.1) is 0 Å². The van der Waals surface area contributed by atoms with Crippen molar-refractivity contribution in [1.29, 1.82) is 0 Å². The van der Waals surface area contributed by atoms with E-state index in [0.717, 1.165) is 18.7 Å². The number of aromatic nitrogens is 2. The Morgan fingerprint density at radius 1 is 1.20 bits per heavy atom. The highest BCUT2D eigenvalue weighted by molar-refractivity contribution is 5.38. The fourth-order valence-electron chi connectivity index (χ4n) is 1.88. The van der Waals surface area contributed by atoms with Gasteiger partial charge in [0.2, 0.25) is 11.8 Å². The first-order chi connectivity index (χ1) is 9.70. The lowest BCUT2D eigenvalue weighted by molar-refractivity contribution is 0.454. The molecule has 0 bridgehead atoms. The number of hydrogen-bond donors (Lipinski definition) is 1. The summed E-state index contributed by atoms with van der Waals surface area (Å²) in [6.45, 7) is 7.26. The van der Waals surface area contributed by atoms with Gasteiger partial charge in [0.05, 0.1) is 0 Å². The quantitative estimate of drug-likeness (QED) is 0.854. The largest absolute Gasteiger partial charge is 0.439 e. The lowest BCUT2D eigenvalue weighted by Crippen LogP contribution is -2.04. The molecule has 1 N–H and O–H groups in total. The zero-order chi connectivity index (χ0) is 14.4. The number of nitrogens with one attached hydrogen (secondary N) is 1. The van der Waals surface area contributed by atoms with E-state index in [2.05, 4.69) is 42.1 Å². The minimum Gasteiger partial charge on any atom is -0.439 e. The van der Waals surface area contributed by atoms with Crippen molar-refractivity contribution < 1.29 is 4.74 Å². The highest BCUT2D eigenvalue weighted by Crippen LogP contribution is 2.29. The lowest BCUT2D eigenvalue weighted by Gasteiger charge is -2.13. The minimum absolute atomic E-state index is 0.408. The van der Waals surface area contributed by atoms with Crippen molar-refractivity contribution in [2.75, 3.05) is 11.9 Å². The van der Waals surface area contributed by atoms with Crippen molar-refractivity contribution >= 4 is 5.95 Å². The van der Waals surface area contributed by atoms with E-state index in [1.54, 1.807) is 12.3 Å². The summed E-state index contributed by atoms with van der Waals surface area (Å²) in [6.07, 6.45) is 2.74. The van der Waals surface area contributed by atoms with Gasteiger partial charge >= 0.3 is 0 Å². The van der Waals surface area contributed by atoms with E-state index in [0.29, 0.717) is 17.7 Å². The Morgan fingerprint density at radius 2 is 2.00 bits per heavy atom. The Bertz CT molecular complexity index is 555. The molecule has 2 rings (SSSR count). The van der Waals surface area contributed by atoms with Crippen LogP contribution in [0.15, 0.2) is 36.5 Å². The third kappa shape index (κ3) is 3.70. The van der Waals surface area contributed by atoms with Crippen LogP contribution < -0.4 is 10.1 Å². The molecule has 0 atom stereocenters. The highest BCUT2D eigenvalue weighted by atomic mass is 16.5. The van der Waals surface area contributed by atoms with Crippen LogP contribution in [0.25, 0.3) is 0 Å². The van der Waals surface area contributed by atoms with Gasteiger partial charge in [-0.25, -0.2) is 4.98 Å². The fraction of sp³-hybridized carbons (Fsp3) is 0.375. The summed E-state index contributed by atoms with van der Waals surface area (Å²) in [5.41, 5.74) is 1.18. The van der Waals surface area contributed by atoms with Crippen LogP contribution in [0.3, 0.4) is 0 Å². The molecule has 0 aliphatic heterocycles. The molecule has 106 valence electrons. The van der Waals surface area contributed by atoms with Crippen molar-refractivity contribution in [1.82, 2.24) is 9.97 Å². The smallest absolute Gasteiger partial charge is 0.225 e. The van der Waals surface area contributed by atoms with Gasteiger partial charge in [-0.1, -0.05) is 39.0 Å². The van der Waals surface area contributed by atoms with Gasteiger partial charge in [0.15, 0.2) is 0 Å². The molecule has 0 amide bonds. The van der Waals surface area contributed by atoms with Gasteiger partial charge in [-0.05, 0) is 24.0 Å². The van der Waals surface area contributed by atoms with E-state index in [-0.39, 0.29) is 0 Å². The Kier molecular flexibility index (Phi) is 4.93. The third-order valence-corrected chi connectivity index (χ3v) is 2.92. The molecule has 0 aliphatic rings. The summed E-state index contributed by atoms with van der Waals surface area (Å²) in [6, 6.07) is 9.82. The summed E-state index contributed by atoms with van der Waals surface area (Å²) in [7, 11) is 0. The molecule has 4 heteroatoms. The summed E-state index contributed by atoms with van der Waals surface area (Å²) < 4.78 is 5.90. The summed E-state index contributed by atoms with van der Waals surface area (Å²) in [5, 5.41) is 3.16. The van der Waals surface area contributed by atoms with Crippen molar-refractivity contribution in [2.24, 2.45) is 0 Å². The van der Waals surface area contributed by atoms with E-state index in [1.165, 1.54) is 5.56 Å². The normalized spacial score (nSPS) is 10.6. The zero-order valence-electron chi connectivity index (χ0n) is 12.3. The number of benzene rings is 1. The van der Waals surface area contributed by atoms with Crippen LogP contribution in [0.4, 0.5) is 5.95 Å². The Balaban J connectivity index is 2.17. The average Bonchev–Trinajstić information content (AvgIpc) is 2.46. The minimum atomic E-state index is 0.408. The maximum Gasteiger partial charge on any atom is 0.225 e. The van der Waals surface area contributed by atoms with Crippen LogP contribution >= 0.6 is 0 Å². The van der Waals surface area contributed by atoms with Crippen LogP contribution in [-0.2, 0) is 0 Å². The first-order valence-corrected chi connectivity index (χ1v) is 7.04. The molecule has 0 saturated carbocycles. The van der Waals surface area contributed by atoms with Gasteiger partial charge < -0.3 is 10.1 Å².